The highest BCUT2D eigenvalue weighted by Gasteiger charge is 2.30. The summed E-state index contributed by atoms with van der Waals surface area (Å²) in [6.07, 6.45) is 2.92. The molecule has 1 aromatic carbocycles. The lowest BCUT2D eigenvalue weighted by atomic mass is 10.1. The fourth-order valence-electron chi connectivity index (χ4n) is 2.26. The van der Waals surface area contributed by atoms with E-state index in [1.54, 1.807) is 18.2 Å². The Labute approximate surface area is 145 Å². The number of benzene rings is 1. The summed E-state index contributed by atoms with van der Waals surface area (Å²) >= 11 is 0. The zero-order valence-electron chi connectivity index (χ0n) is 14.6. The van der Waals surface area contributed by atoms with Crippen LogP contribution in [0, 0.1) is 0 Å². The van der Waals surface area contributed by atoms with Crippen molar-refractivity contribution in [2.24, 2.45) is 0 Å². The number of carboxylic acid groups (broad SMARTS) is 1. The number of methoxy groups -OCH3 is 2. The molecule has 1 amide bonds. The van der Waals surface area contributed by atoms with Gasteiger partial charge in [-0.3, -0.25) is 9.48 Å². The second kappa shape index (κ2) is 7.25. The smallest absolute Gasteiger partial charge is 0.331 e. The van der Waals surface area contributed by atoms with E-state index in [9.17, 15) is 14.7 Å². The van der Waals surface area contributed by atoms with E-state index in [0.29, 0.717) is 22.7 Å². The SMILES string of the molecule is COc1cccc(OC)c1CC(=O)Nc1cnn(C(C)(C)C(=O)O)c1. The van der Waals surface area contributed by atoms with Crippen molar-refractivity contribution in [2.75, 3.05) is 19.5 Å². The Morgan fingerprint density at radius 1 is 1.24 bits per heavy atom. The molecule has 2 rings (SSSR count). The Kier molecular flexibility index (Phi) is 5.31. The quantitative estimate of drug-likeness (QED) is 0.793. The molecule has 0 unspecified atom stereocenters. The number of hydrogen-bond donors (Lipinski definition) is 2. The van der Waals surface area contributed by atoms with Crippen LogP contribution in [0.3, 0.4) is 0 Å². The molecule has 2 aromatic rings. The summed E-state index contributed by atoms with van der Waals surface area (Å²) in [5.74, 6) is -0.211. The summed E-state index contributed by atoms with van der Waals surface area (Å²) in [6, 6.07) is 5.27. The van der Waals surface area contributed by atoms with Gasteiger partial charge in [0.05, 0.1) is 32.5 Å². The third-order valence-electron chi connectivity index (χ3n) is 3.83. The summed E-state index contributed by atoms with van der Waals surface area (Å²) in [5, 5.41) is 15.9. The Morgan fingerprint density at radius 2 is 1.84 bits per heavy atom. The van der Waals surface area contributed by atoms with Gasteiger partial charge in [-0.25, -0.2) is 4.79 Å². The first kappa shape index (κ1) is 18.3. The van der Waals surface area contributed by atoms with E-state index >= 15 is 0 Å². The van der Waals surface area contributed by atoms with E-state index in [1.807, 2.05) is 0 Å². The van der Waals surface area contributed by atoms with Crippen molar-refractivity contribution in [3.63, 3.8) is 0 Å². The molecular formula is C17H21N3O5. The topological polar surface area (TPSA) is 103 Å². The predicted octanol–water partition coefficient (Wildman–Crippen LogP) is 1.90. The minimum atomic E-state index is -1.21. The number of carbonyl (C=O) groups excluding carboxylic acids is 1. The molecule has 1 heterocycles. The van der Waals surface area contributed by atoms with E-state index in [4.69, 9.17) is 9.47 Å². The molecule has 0 aliphatic carbocycles. The van der Waals surface area contributed by atoms with Crippen LogP contribution in [0.5, 0.6) is 11.5 Å². The lowest BCUT2D eigenvalue weighted by Gasteiger charge is -2.19. The summed E-state index contributed by atoms with van der Waals surface area (Å²) in [7, 11) is 3.04. The summed E-state index contributed by atoms with van der Waals surface area (Å²) in [5.41, 5.74) is -0.175. The van der Waals surface area contributed by atoms with E-state index < -0.39 is 11.5 Å². The third-order valence-corrected chi connectivity index (χ3v) is 3.83. The maximum Gasteiger partial charge on any atom is 0.331 e. The van der Waals surface area contributed by atoms with E-state index in [-0.39, 0.29) is 12.3 Å². The van der Waals surface area contributed by atoms with Gasteiger partial charge >= 0.3 is 5.97 Å². The normalized spacial score (nSPS) is 11.0. The van der Waals surface area contributed by atoms with Gasteiger partial charge in [0.15, 0.2) is 5.54 Å². The molecule has 8 heteroatoms. The van der Waals surface area contributed by atoms with Crippen molar-refractivity contribution in [2.45, 2.75) is 25.8 Å². The molecule has 0 aliphatic rings. The predicted molar refractivity (Wildman–Crippen MR) is 91.1 cm³/mol. The number of hydrogen-bond acceptors (Lipinski definition) is 5. The minimum Gasteiger partial charge on any atom is -0.496 e. The number of amides is 1. The van der Waals surface area contributed by atoms with Gasteiger partial charge in [0, 0.05) is 11.8 Å². The molecule has 0 saturated carbocycles. The molecule has 0 spiro atoms. The van der Waals surface area contributed by atoms with Crippen LogP contribution in [0.2, 0.25) is 0 Å². The molecule has 1 aromatic heterocycles. The van der Waals surface area contributed by atoms with Gasteiger partial charge in [0.1, 0.15) is 11.5 Å². The molecule has 0 saturated heterocycles. The molecule has 0 fully saturated rings. The van der Waals surface area contributed by atoms with Crippen molar-refractivity contribution in [3.05, 3.63) is 36.2 Å². The Morgan fingerprint density at radius 3 is 2.36 bits per heavy atom. The number of carbonyl (C=O) groups is 2. The van der Waals surface area contributed by atoms with Crippen LogP contribution in [0.4, 0.5) is 5.69 Å². The summed E-state index contributed by atoms with van der Waals surface area (Å²) in [6.45, 7) is 3.04. The maximum atomic E-state index is 12.3. The zero-order chi connectivity index (χ0) is 18.6. The van der Waals surface area contributed by atoms with Gasteiger partial charge < -0.3 is 19.9 Å². The van der Waals surface area contributed by atoms with Gasteiger partial charge in [-0.05, 0) is 26.0 Å². The average molecular weight is 347 g/mol. The standard InChI is InChI=1S/C17H21N3O5/c1-17(2,16(22)23)20-10-11(9-18-20)19-15(21)8-12-13(24-3)6-5-7-14(12)25-4/h5-7,9-10H,8H2,1-4H3,(H,19,21)(H,22,23). The van der Waals surface area contributed by atoms with Crippen LogP contribution in [-0.4, -0.2) is 41.0 Å². The average Bonchev–Trinajstić information content (AvgIpc) is 3.03. The first-order valence-electron chi connectivity index (χ1n) is 7.58. The Hall–Kier alpha value is -3.03. The third kappa shape index (κ3) is 3.90. The Balaban J connectivity index is 2.15. The molecule has 2 N–H and O–H groups in total. The molecule has 0 aliphatic heterocycles. The highest BCUT2D eigenvalue weighted by Crippen LogP contribution is 2.29. The summed E-state index contributed by atoms with van der Waals surface area (Å²) in [4.78, 5) is 23.6. The highest BCUT2D eigenvalue weighted by atomic mass is 16.5. The van der Waals surface area contributed by atoms with Crippen LogP contribution in [0.1, 0.15) is 19.4 Å². The van der Waals surface area contributed by atoms with Crippen LogP contribution >= 0.6 is 0 Å². The number of aromatic nitrogens is 2. The molecule has 134 valence electrons. The molecule has 25 heavy (non-hydrogen) atoms. The van der Waals surface area contributed by atoms with Crippen molar-refractivity contribution in [1.82, 2.24) is 9.78 Å². The van der Waals surface area contributed by atoms with E-state index in [2.05, 4.69) is 10.4 Å². The van der Waals surface area contributed by atoms with E-state index in [0.717, 1.165) is 0 Å². The van der Waals surface area contributed by atoms with Crippen molar-refractivity contribution < 1.29 is 24.2 Å². The highest BCUT2D eigenvalue weighted by molar-refractivity contribution is 5.93. The van der Waals surface area contributed by atoms with Crippen LogP contribution in [0.25, 0.3) is 0 Å². The first-order chi connectivity index (χ1) is 11.8. The van der Waals surface area contributed by atoms with Crippen LogP contribution in [-0.2, 0) is 21.5 Å². The number of aliphatic carboxylic acids is 1. The number of rotatable bonds is 7. The van der Waals surface area contributed by atoms with Crippen molar-refractivity contribution in [3.8, 4) is 11.5 Å². The minimum absolute atomic E-state index is 0.0424. The molecular weight excluding hydrogens is 326 g/mol. The van der Waals surface area contributed by atoms with Crippen molar-refractivity contribution in [1.29, 1.82) is 0 Å². The fraction of sp³-hybridized carbons (Fsp3) is 0.353. The van der Waals surface area contributed by atoms with Crippen LogP contribution in [0.15, 0.2) is 30.6 Å². The number of anilines is 1. The van der Waals surface area contributed by atoms with Crippen molar-refractivity contribution >= 4 is 17.6 Å². The first-order valence-corrected chi connectivity index (χ1v) is 7.58. The largest absolute Gasteiger partial charge is 0.496 e. The van der Waals surface area contributed by atoms with Gasteiger partial charge in [-0.1, -0.05) is 6.07 Å². The maximum absolute atomic E-state index is 12.3. The number of carboxylic acids is 1. The fourth-order valence-corrected chi connectivity index (χ4v) is 2.26. The second-order valence-corrected chi connectivity index (χ2v) is 5.90. The molecule has 0 radical (unpaired) electrons. The number of ether oxygens (including phenoxy) is 2. The second-order valence-electron chi connectivity index (χ2n) is 5.90. The van der Waals surface area contributed by atoms with Gasteiger partial charge in [0.25, 0.3) is 0 Å². The summed E-state index contributed by atoms with van der Waals surface area (Å²) < 4.78 is 11.8. The Bertz CT molecular complexity index is 760. The van der Waals surface area contributed by atoms with E-state index in [1.165, 1.54) is 45.1 Å². The van der Waals surface area contributed by atoms with Gasteiger partial charge in [-0.2, -0.15) is 5.10 Å². The molecule has 0 bridgehead atoms. The number of nitrogens with one attached hydrogen (secondary N) is 1. The van der Waals surface area contributed by atoms with Crippen LogP contribution < -0.4 is 14.8 Å². The number of nitrogens with zero attached hydrogens (tertiary/aromatic N) is 2. The lowest BCUT2D eigenvalue weighted by Crippen LogP contribution is -2.35. The zero-order valence-corrected chi connectivity index (χ0v) is 14.6. The molecule has 0 atom stereocenters. The monoisotopic (exact) mass is 347 g/mol. The van der Waals surface area contributed by atoms with Gasteiger partial charge in [0.2, 0.25) is 5.91 Å². The lowest BCUT2D eigenvalue weighted by molar-refractivity contribution is -0.146. The van der Waals surface area contributed by atoms with Gasteiger partial charge in [-0.15, -0.1) is 0 Å². The molecule has 8 nitrogen and oxygen atoms in total.